The van der Waals surface area contributed by atoms with Gasteiger partial charge in [0.2, 0.25) is 0 Å². The van der Waals surface area contributed by atoms with E-state index in [0.29, 0.717) is 35.8 Å². The van der Waals surface area contributed by atoms with Gasteiger partial charge in [0.15, 0.2) is 0 Å². The molecule has 0 unspecified atom stereocenters. The van der Waals surface area contributed by atoms with Crippen molar-refractivity contribution in [1.82, 2.24) is 9.21 Å². The van der Waals surface area contributed by atoms with Crippen LogP contribution < -0.4 is 20.5 Å². The van der Waals surface area contributed by atoms with E-state index in [9.17, 15) is 18.0 Å². The number of ether oxygens (including phenoxy) is 2. The number of likely N-dealkylation sites (tertiary alicyclic amines) is 1. The molecule has 6 N–H and O–H groups in total. The lowest BCUT2D eigenvalue weighted by Crippen LogP contribution is -2.51. The summed E-state index contributed by atoms with van der Waals surface area (Å²) in [6.07, 6.45) is 0.0578. The fraction of sp³-hybridized carbons (Fsp3) is 0.333. The van der Waals surface area contributed by atoms with Gasteiger partial charge < -0.3 is 25.8 Å². The average molecular weight is 697 g/mol. The van der Waals surface area contributed by atoms with E-state index in [4.69, 9.17) is 31.8 Å². The van der Waals surface area contributed by atoms with Crippen LogP contribution in [0.25, 0.3) is 10.8 Å². The Kier molecular flexibility index (Phi) is 13.6. The minimum Gasteiger partial charge on any atom is -0.490 e. The number of hydrogen-bond donors (Lipinski definition) is 4. The van der Waals surface area contributed by atoms with E-state index in [1.54, 1.807) is 49.4 Å². The van der Waals surface area contributed by atoms with Crippen molar-refractivity contribution in [2.45, 2.75) is 39.3 Å². The number of carbonyl (C=O) groups excluding carboxylic acids is 2. The summed E-state index contributed by atoms with van der Waals surface area (Å²) < 4.78 is 40.1. The third-order valence-electron chi connectivity index (χ3n) is 7.23. The zero-order chi connectivity index (χ0) is 32.0. The van der Waals surface area contributed by atoms with Crippen LogP contribution in [0.3, 0.4) is 0 Å². The van der Waals surface area contributed by atoms with Gasteiger partial charge in [0.25, 0.3) is 5.91 Å². The van der Waals surface area contributed by atoms with Crippen molar-refractivity contribution >= 4 is 75.2 Å². The first-order valence-electron chi connectivity index (χ1n) is 14.1. The molecule has 0 bridgehead atoms. The monoisotopic (exact) mass is 695 g/mol. The molecule has 4 rings (SSSR count). The molecule has 3 aromatic rings. The van der Waals surface area contributed by atoms with Gasteiger partial charge in [0, 0.05) is 31.5 Å². The van der Waals surface area contributed by atoms with E-state index in [1.807, 2.05) is 11.0 Å². The zero-order valence-corrected chi connectivity index (χ0v) is 27.9. The number of carbonyl (C=O) groups is 2. The molecule has 0 aromatic heterocycles. The van der Waals surface area contributed by atoms with Gasteiger partial charge >= 0.3 is 16.3 Å². The standard InChI is InChI=1S/C30H37N7O6S.2ClH/c1-3-42-30(39)37(28(38)18-31)44(40,41)36(19-21-4-5-22-6-7-23(29(33)34)17-24(22)16-21)25-8-10-26(11-9-25)43-27-12-14-35(15-13-27)20(2)32;;/h4-11,16-17,27,32H,3,12-15,18-19,31H2,1-2H3,(H3,33,34);2*1H. The van der Waals surface area contributed by atoms with Crippen molar-refractivity contribution < 1.29 is 27.5 Å². The molecule has 1 aliphatic rings. The number of halogens is 2. The fourth-order valence-corrected chi connectivity index (χ4v) is 6.39. The van der Waals surface area contributed by atoms with Crippen LogP contribution in [0, 0.1) is 10.8 Å². The summed E-state index contributed by atoms with van der Waals surface area (Å²) in [7, 11) is -4.83. The molecule has 0 saturated carbocycles. The van der Waals surface area contributed by atoms with Gasteiger partial charge in [-0.2, -0.15) is 8.42 Å². The van der Waals surface area contributed by atoms with E-state index in [0.717, 1.165) is 27.9 Å². The van der Waals surface area contributed by atoms with Crippen LogP contribution in [0.15, 0.2) is 60.7 Å². The number of anilines is 1. The molecule has 16 heteroatoms. The van der Waals surface area contributed by atoms with E-state index < -0.39 is 28.8 Å². The molecule has 0 aliphatic carbocycles. The second kappa shape index (κ2) is 16.5. The van der Waals surface area contributed by atoms with Crippen molar-refractivity contribution in [3.8, 4) is 5.75 Å². The minimum absolute atomic E-state index is 0. The number of amides is 2. The predicted molar refractivity (Wildman–Crippen MR) is 183 cm³/mol. The van der Waals surface area contributed by atoms with Gasteiger partial charge in [-0.15, -0.1) is 29.1 Å². The quantitative estimate of drug-likeness (QED) is 0.179. The Morgan fingerprint density at radius 2 is 1.61 bits per heavy atom. The van der Waals surface area contributed by atoms with Crippen LogP contribution in [-0.2, 0) is 26.3 Å². The number of nitrogens with two attached hydrogens (primary N) is 2. The molecule has 1 saturated heterocycles. The molecule has 3 aromatic carbocycles. The minimum atomic E-state index is -4.83. The topological polar surface area (TPSA) is 196 Å². The summed E-state index contributed by atoms with van der Waals surface area (Å²) in [6.45, 7) is 3.52. The van der Waals surface area contributed by atoms with Crippen LogP contribution in [-0.4, -0.2) is 73.6 Å². The highest BCUT2D eigenvalue weighted by Crippen LogP contribution is 2.29. The smallest absolute Gasteiger partial charge is 0.432 e. The maximum absolute atomic E-state index is 14.0. The number of fused-ring (bicyclic) bond motifs is 1. The third-order valence-corrected chi connectivity index (χ3v) is 8.94. The van der Waals surface area contributed by atoms with Crippen molar-refractivity contribution in [3.63, 3.8) is 0 Å². The number of amidine groups is 2. The normalized spacial score (nSPS) is 13.2. The lowest BCUT2D eigenvalue weighted by atomic mass is 10.0. The summed E-state index contributed by atoms with van der Waals surface area (Å²) in [5, 5.41) is 17.1. The molecule has 1 aliphatic heterocycles. The van der Waals surface area contributed by atoms with E-state index >= 15 is 0 Å². The van der Waals surface area contributed by atoms with Crippen molar-refractivity contribution in [3.05, 3.63) is 71.8 Å². The number of rotatable bonds is 10. The molecular weight excluding hydrogens is 657 g/mol. The van der Waals surface area contributed by atoms with E-state index in [-0.39, 0.29) is 59.9 Å². The molecule has 0 spiro atoms. The van der Waals surface area contributed by atoms with Crippen LogP contribution in [0.5, 0.6) is 5.75 Å². The number of benzene rings is 3. The maximum Gasteiger partial charge on any atom is 0.432 e. The number of hydrogen-bond acceptors (Lipinski definition) is 9. The summed E-state index contributed by atoms with van der Waals surface area (Å²) in [5.41, 5.74) is 12.4. The molecule has 46 heavy (non-hydrogen) atoms. The number of nitrogen functional groups attached to an aromatic ring is 1. The highest BCUT2D eigenvalue weighted by atomic mass is 35.5. The number of nitrogens with zero attached hydrogens (tertiary/aromatic N) is 3. The van der Waals surface area contributed by atoms with E-state index in [1.165, 1.54) is 19.1 Å². The van der Waals surface area contributed by atoms with Gasteiger partial charge in [-0.05, 0) is 66.6 Å². The first-order chi connectivity index (χ1) is 20.9. The summed E-state index contributed by atoms with van der Waals surface area (Å²) >= 11 is 0. The molecular formula is C30H39Cl2N7O6S. The van der Waals surface area contributed by atoms with Crippen LogP contribution in [0.2, 0.25) is 0 Å². The Labute approximate surface area is 280 Å². The van der Waals surface area contributed by atoms with E-state index in [2.05, 4.69) is 0 Å². The second-order valence-electron chi connectivity index (χ2n) is 10.3. The summed E-state index contributed by atoms with van der Waals surface area (Å²) in [6, 6.07) is 16.9. The number of imide groups is 1. The molecule has 1 fully saturated rings. The van der Waals surface area contributed by atoms with Crippen molar-refractivity contribution in [2.24, 2.45) is 11.5 Å². The lowest BCUT2D eigenvalue weighted by Gasteiger charge is -2.33. The Hall–Kier alpha value is -4.11. The molecule has 13 nitrogen and oxygen atoms in total. The van der Waals surface area contributed by atoms with Crippen LogP contribution >= 0.6 is 24.8 Å². The first-order valence-corrected chi connectivity index (χ1v) is 15.5. The van der Waals surface area contributed by atoms with Gasteiger partial charge in [0.1, 0.15) is 17.7 Å². The highest BCUT2D eigenvalue weighted by molar-refractivity contribution is 7.91. The first kappa shape index (κ1) is 38.1. The maximum atomic E-state index is 14.0. The zero-order valence-electron chi connectivity index (χ0n) is 25.5. The molecule has 0 atom stereocenters. The summed E-state index contributed by atoms with van der Waals surface area (Å²) in [5.74, 6) is -0.210. The molecule has 0 radical (unpaired) electrons. The average Bonchev–Trinajstić information content (AvgIpc) is 3.00. The second-order valence-corrected chi connectivity index (χ2v) is 12.0. The highest BCUT2D eigenvalue weighted by Gasteiger charge is 2.39. The fourth-order valence-electron chi connectivity index (χ4n) is 4.91. The SMILES string of the molecule is CCOC(=O)N(C(=O)CN)S(=O)(=O)N(Cc1ccc2ccc(C(=N)N)cc2c1)c1ccc(OC2CCN(C(C)=N)CC2)cc1.Cl.Cl. The summed E-state index contributed by atoms with van der Waals surface area (Å²) in [4.78, 5) is 27.4. The Morgan fingerprint density at radius 1 is 0.978 bits per heavy atom. The van der Waals surface area contributed by atoms with Gasteiger partial charge in [-0.3, -0.25) is 15.6 Å². The van der Waals surface area contributed by atoms with Crippen molar-refractivity contribution in [2.75, 3.05) is 30.5 Å². The largest absolute Gasteiger partial charge is 0.490 e. The number of piperidine rings is 1. The third kappa shape index (κ3) is 8.78. The molecule has 250 valence electrons. The number of nitrogens with one attached hydrogen (secondary N) is 2. The van der Waals surface area contributed by atoms with Gasteiger partial charge in [0.05, 0.1) is 31.2 Å². The van der Waals surface area contributed by atoms with Gasteiger partial charge in [-0.1, -0.05) is 24.3 Å². The van der Waals surface area contributed by atoms with Gasteiger partial charge in [-0.25, -0.2) is 9.10 Å². The Bertz CT molecular complexity index is 1670. The predicted octanol–water partition coefficient (Wildman–Crippen LogP) is 4.00. The van der Waals surface area contributed by atoms with Crippen LogP contribution in [0.1, 0.15) is 37.8 Å². The molecule has 2 amide bonds. The van der Waals surface area contributed by atoms with Crippen molar-refractivity contribution in [1.29, 1.82) is 10.8 Å². The Morgan fingerprint density at radius 3 is 2.17 bits per heavy atom. The Balaban J connectivity index is 0.00000368. The lowest BCUT2D eigenvalue weighted by molar-refractivity contribution is -0.123. The molecule has 1 heterocycles. The van der Waals surface area contributed by atoms with Crippen LogP contribution in [0.4, 0.5) is 10.5 Å².